The first-order valence-corrected chi connectivity index (χ1v) is 31.6. The maximum atomic E-state index is 6.50. The second-order valence-electron chi connectivity index (χ2n) is 21.8. The van der Waals surface area contributed by atoms with Crippen LogP contribution in [0.4, 0.5) is 34.1 Å². The lowest BCUT2D eigenvalue weighted by Gasteiger charge is -2.37. The van der Waals surface area contributed by atoms with E-state index >= 15 is 0 Å². The normalized spacial score (nSPS) is 12.2. The number of hydrogen-bond acceptors (Lipinski definition) is 10. The number of aromatic nitrogens is 6. The molecule has 14 aromatic rings. The summed E-state index contributed by atoms with van der Waals surface area (Å²) in [5.74, 6) is 6.72. The van der Waals surface area contributed by atoms with E-state index in [0.29, 0.717) is 34.9 Å². The zero-order valence-corrected chi connectivity index (χ0v) is 48.9. The summed E-state index contributed by atoms with van der Waals surface area (Å²) in [6.45, 7) is 0. The fourth-order valence-electron chi connectivity index (χ4n) is 12.3. The molecule has 0 amide bonds. The average molecular weight is 1160 g/mol. The molecule has 2 aliphatic rings. The van der Waals surface area contributed by atoms with Crippen molar-refractivity contribution in [1.82, 2.24) is 29.9 Å². The molecule has 2 aliphatic heterocycles. The molecule has 4 heterocycles. The predicted octanol–water partition coefficient (Wildman–Crippen LogP) is 16.6. The zero-order valence-electron chi connectivity index (χ0n) is 47.9. The van der Waals surface area contributed by atoms with Gasteiger partial charge in [-0.25, -0.2) is 29.9 Å². The highest BCUT2D eigenvalue weighted by Gasteiger charge is 2.42. The molecular weight excluding hydrogens is 1110 g/mol. The molecule has 16 rings (SSSR count). The molecule has 0 spiro atoms. The standard InChI is InChI=1S/C78H52N8O2Si/c1-5-21-53(22-6-1)73-79-74(54-23-7-2-8-24-54)82-77(81-73)57-37-45-61(46-38-57)89(63-49-41-59(42-50-63)85-65-29-13-17-33-69(65)87-70-34-18-14-30-66(70)85,64-51-43-60(44-52-64)86-67-31-15-19-35-71(67)88-72-36-20-16-32-68(72)86)62-47-39-58(40-48-62)78-83-75(55-25-9-3-10-26-55)80-76(84-78)56-27-11-4-12-28-56/h1-52H. The molecule has 11 heteroatoms. The first kappa shape index (κ1) is 52.6. The van der Waals surface area contributed by atoms with Gasteiger partial charge in [-0.1, -0.05) is 243 Å². The fourth-order valence-corrected chi connectivity index (χ4v) is 17.0. The third kappa shape index (κ3) is 9.64. The van der Waals surface area contributed by atoms with Gasteiger partial charge in [-0.2, -0.15) is 0 Å². The van der Waals surface area contributed by atoms with Crippen LogP contribution in [-0.2, 0) is 0 Å². The Morgan fingerprint density at radius 3 is 0.652 bits per heavy atom. The number of ether oxygens (including phenoxy) is 2. The SMILES string of the molecule is c1ccc(-c2nc(-c3ccccc3)nc(-c3ccc([Si](c4ccc(-c5nc(-c6ccccc6)nc(-c6ccccc6)n5)cc4)(c4ccc(N5c6ccccc6Oc6ccccc65)cc4)c4ccc(N5c6ccccc6Oc6ccccc65)cc4)cc3)n2)cc1. The minimum Gasteiger partial charge on any atom is -0.453 e. The maximum Gasteiger partial charge on any atom is 0.179 e. The third-order valence-electron chi connectivity index (χ3n) is 16.5. The summed E-state index contributed by atoms with van der Waals surface area (Å²) in [7, 11) is -3.43. The number of para-hydroxylation sites is 8. The van der Waals surface area contributed by atoms with Gasteiger partial charge in [-0.3, -0.25) is 0 Å². The number of nitrogens with zero attached hydrogens (tertiary/aromatic N) is 8. The van der Waals surface area contributed by atoms with Crippen LogP contribution in [0.25, 0.3) is 68.3 Å². The Morgan fingerprint density at radius 2 is 0.404 bits per heavy atom. The highest BCUT2D eigenvalue weighted by atomic mass is 28.3. The van der Waals surface area contributed by atoms with Crippen LogP contribution in [0.1, 0.15) is 0 Å². The Bertz CT molecular complexity index is 4370. The topological polar surface area (TPSA) is 102 Å². The van der Waals surface area contributed by atoms with E-state index < -0.39 is 8.07 Å². The van der Waals surface area contributed by atoms with Crippen molar-refractivity contribution < 1.29 is 9.47 Å². The fraction of sp³-hybridized carbons (Fsp3) is 0. The second-order valence-corrected chi connectivity index (χ2v) is 25.6. The van der Waals surface area contributed by atoms with E-state index in [9.17, 15) is 0 Å². The number of hydrogen-bond donors (Lipinski definition) is 0. The third-order valence-corrected chi connectivity index (χ3v) is 21.3. The van der Waals surface area contributed by atoms with Gasteiger partial charge in [0.15, 0.2) is 66.0 Å². The smallest absolute Gasteiger partial charge is 0.179 e. The van der Waals surface area contributed by atoms with E-state index in [-0.39, 0.29) is 0 Å². The predicted molar refractivity (Wildman–Crippen MR) is 359 cm³/mol. The average Bonchev–Trinajstić information content (AvgIpc) is 0.983. The van der Waals surface area contributed by atoms with Crippen molar-refractivity contribution >= 4 is 62.9 Å². The Balaban J connectivity index is 0.907. The lowest BCUT2D eigenvalue weighted by atomic mass is 10.1. The molecule has 0 aliphatic carbocycles. The summed E-state index contributed by atoms with van der Waals surface area (Å²) in [6.07, 6.45) is 0. The van der Waals surface area contributed by atoms with E-state index in [4.69, 9.17) is 39.4 Å². The van der Waals surface area contributed by atoms with Crippen LogP contribution in [0.5, 0.6) is 23.0 Å². The number of anilines is 6. The van der Waals surface area contributed by atoms with Gasteiger partial charge in [-0.05, 0) is 93.5 Å². The zero-order chi connectivity index (χ0) is 59.1. The van der Waals surface area contributed by atoms with Gasteiger partial charge in [0.1, 0.15) is 0 Å². The quantitative estimate of drug-likeness (QED) is 0.0868. The monoisotopic (exact) mass is 1160 g/mol. The number of benzene rings is 12. The minimum atomic E-state index is -3.43. The van der Waals surface area contributed by atoms with E-state index in [1.54, 1.807) is 0 Å². The van der Waals surface area contributed by atoms with Gasteiger partial charge in [0.25, 0.3) is 0 Å². The number of fused-ring (bicyclic) bond motifs is 4. The summed E-state index contributed by atoms with van der Waals surface area (Å²) in [5, 5.41) is 4.64. The summed E-state index contributed by atoms with van der Waals surface area (Å²) in [4.78, 5) is 35.3. The summed E-state index contributed by atoms with van der Waals surface area (Å²) in [5.41, 5.74) is 11.2. The van der Waals surface area contributed by atoms with Crippen molar-refractivity contribution in [3.8, 4) is 91.3 Å². The van der Waals surface area contributed by atoms with Crippen LogP contribution in [0.15, 0.2) is 315 Å². The Kier molecular flexibility index (Phi) is 13.3. The van der Waals surface area contributed by atoms with Crippen molar-refractivity contribution in [3.63, 3.8) is 0 Å². The molecule has 0 N–H and O–H groups in total. The largest absolute Gasteiger partial charge is 0.453 e. The van der Waals surface area contributed by atoms with Crippen molar-refractivity contribution in [2.75, 3.05) is 9.80 Å². The lowest BCUT2D eigenvalue weighted by molar-refractivity contribution is 0.477. The van der Waals surface area contributed by atoms with Crippen LogP contribution in [-0.4, -0.2) is 38.0 Å². The molecule has 0 radical (unpaired) electrons. The van der Waals surface area contributed by atoms with E-state index in [0.717, 1.165) is 101 Å². The van der Waals surface area contributed by atoms with Gasteiger partial charge in [0, 0.05) is 44.8 Å². The van der Waals surface area contributed by atoms with E-state index in [1.165, 1.54) is 10.4 Å². The molecule has 0 fully saturated rings. The molecule has 0 saturated carbocycles. The van der Waals surface area contributed by atoms with Crippen molar-refractivity contribution in [2.45, 2.75) is 0 Å². The highest BCUT2D eigenvalue weighted by molar-refractivity contribution is 7.19. The van der Waals surface area contributed by atoms with Gasteiger partial charge in [0.05, 0.1) is 22.7 Å². The summed E-state index contributed by atoms with van der Waals surface area (Å²) >= 11 is 0. The second kappa shape index (κ2) is 22.5. The number of rotatable bonds is 12. The van der Waals surface area contributed by atoms with Crippen molar-refractivity contribution in [1.29, 1.82) is 0 Å². The summed E-state index contributed by atoms with van der Waals surface area (Å²) in [6, 6.07) is 110. The van der Waals surface area contributed by atoms with Gasteiger partial charge < -0.3 is 19.3 Å². The van der Waals surface area contributed by atoms with Crippen LogP contribution in [0.2, 0.25) is 0 Å². The highest BCUT2D eigenvalue weighted by Crippen LogP contribution is 2.51. The molecule has 420 valence electrons. The van der Waals surface area contributed by atoms with Crippen LogP contribution >= 0.6 is 0 Å². The van der Waals surface area contributed by atoms with Crippen molar-refractivity contribution in [3.05, 3.63) is 315 Å². The molecular formula is C78H52N8O2Si. The van der Waals surface area contributed by atoms with E-state index in [1.807, 2.05) is 170 Å². The maximum absolute atomic E-state index is 6.50. The van der Waals surface area contributed by atoms with E-state index in [2.05, 4.69) is 155 Å². The Hall–Kier alpha value is -11.9. The lowest BCUT2D eigenvalue weighted by Crippen LogP contribution is -2.74. The Morgan fingerprint density at radius 1 is 0.202 bits per heavy atom. The van der Waals surface area contributed by atoms with Crippen molar-refractivity contribution in [2.24, 2.45) is 0 Å². The van der Waals surface area contributed by atoms with Crippen LogP contribution < -0.4 is 40.0 Å². The molecule has 0 unspecified atom stereocenters. The summed E-state index contributed by atoms with van der Waals surface area (Å²) < 4.78 is 13.0. The van der Waals surface area contributed by atoms with Gasteiger partial charge in [0.2, 0.25) is 0 Å². The molecule has 0 atom stereocenters. The van der Waals surface area contributed by atoms with Gasteiger partial charge >= 0.3 is 0 Å². The first-order valence-electron chi connectivity index (χ1n) is 29.6. The molecule has 0 saturated heterocycles. The first-order chi connectivity index (χ1) is 44.1. The molecule has 89 heavy (non-hydrogen) atoms. The minimum absolute atomic E-state index is 0.578. The van der Waals surface area contributed by atoms with Crippen LogP contribution in [0, 0.1) is 0 Å². The molecule has 12 aromatic carbocycles. The van der Waals surface area contributed by atoms with Gasteiger partial charge in [-0.15, -0.1) is 0 Å². The van der Waals surface area contributed by atoms with Crippen LogP contribution in [0.3, 0.4) is 0 Å². The Labute approximate surface area is 516 Å². The molecule has 2 aromatic heterocycles. The molecule has 0 bridgehead atoms. The molecule has 10 nitrogen and oxygen atoms in total.